The predicted molar refractivity (Wildman–Crippen MR) is 71.7 cm³/mol. The first-order chi connectivity index (χ1) is 9.10. The number of nitrogens with zero attached hydrogens (tertiary/aromatic N) is 4. The van der Waals surface area contributed by atoms with Crippen molar-refractivity contribution < 1.29 is 4.79 Å². The lowest BCUT2D eigenvalue weighted by Gasteiger charge is -2.07. The van der Waals surface area contributed by atoms with Crippen LogP contribution in [-0.4, -0.2) is 25.5 Å². The Morgan fingerprint density at radius 3 is 2.95 bits per heavy atom. The maximum Gasteiger partial charge on any atom is 0.242 e. The fraction of sp³-hybridized carbons (Fsp3) is 0.417. The van der Waals surface area contributed by atoms with Crippen molar-refractivity contribution in [2.75, 3.05) is 0 Å². The van der Waals surface area contributed by atoms with E-state index in [-0.39, 0.29) is 12.5 Å². The summed E-state index contributed by atoms with van der Waals surface area (Å²) in [6.45, 7) is 5.21. The van der Waals surface area contributed by atoms with Gasteiger partial charge in [0.05, 0.1) is 23.0 Å². The van der Waals surface area contributed by atoms with Crippen LogP contribution in [0.3, 0.4) is 0 Å². The maximum atomic E-state index is 11.8. The lowest BCUT2D eigenvalue weighted by atomic mass is 10.4. The van der Waals surface area contributed by atoms with Gasteiger partial charge in [0.1, 0.15) is 6.54 Å². The summed E-state index contributed by atoms with van der Waals surface area (Å²) in [4.78, 5) is 11.8. The average molecular weight is 282 g/mol. The van der Waals surface area contributed by atoms with E-state index in [0.717, 1.165) is 17.9 Å². The minimum atomic E-state index is -0.108. The van der Waals surface area contributed by atoms with Gasteiger partial charge in [0.2, 0.25) is 5.91 Å². The van der Waals surface area contributed by atoms with E-state index in [1.165, 1.54) is 4.68 Å². The number of halogens is 1. The molecule has 2 rings (SSSR count). The molecule has 0 radical (unpaired) electrons. The van der Waals surface area contributed by atoms with Crippen molar-refractivity contribution in [1.82, 2.24) is 24.9 Å². The molecular formula is C12H16ClN5O. The molecule has 0 aliphatic heterocycles. The second-order valence-corrected chi connectivity index (χ2v) is 4.58. The molecular weight excluding hydrogens is 266 g/mol. The monoisotopic (exact) mass is 281 g/mol. The summed E-state index contributed by atoms with van der Waals surface area (Å²) in [6, 6.07) is 1.89. The lowest BCUT2D eigenvalue weighted by molar-refractivity contribution is -0.122. The van der Waals surface area contributed by atoms with Crippen LogP contribution in [0.5, 0.6) is 0 Å². The third-order valence-electron chi connectivity index (χ3n) is 2.76. The van der Waals surface area contributed by atoms with Crippen LogP contribution in [0.2, 0.25) is 5.02 Å². The Bertz CT molecular complexity index is 555. The minimum absolute atomic E-state index is 0.108. The molecule has 2 aromatic rings. The SMILES string of the molecule is CCn1nccc1CNC(=O)Cn1cc(Cl)c(C)n1. The molecule has 7 heteroatoms. The Morgan fingerprint density at radius 2 is 2.32 bits per heavy atom. The second-order valence-electron chi connectivity index (χ2n) is 4.18. The molecule has 0 saturated carbocycles. The molecule has 0 aromatic carbocycles. The number of carbonyl (C=O) groups is 1. The van der Waals surface area contributed by atoms with Crippen molar-refractivity contribution in [2.45, 2.75) is 33.5 Å². The van der Waals surface area contributed by atoms with Crippen LogP contribution in [0.25, 0.3) is 0 Å². The molecule has 0 atom stereocenters. The zero-order chi connectivity index (χ0) is 13.8. The summed E-state index contributed by atoms with van der Waals surface area (Å²) in [7, 11) is 0. The number of hydrogen-bond acceptors (Lipinski definition) is 3. The van der Waals surface area contributed by atoms with Crippen molar-refractivity contribution in [3.05, 3.63) is 34.9 Å². The van der Waals surface area contributed by atoms with E-state index in [1.54, 1.807) is 19.3 Å². The van der Waals surface area contributed by atoms with E-state index in [9.17, 15) is 4.79 Å². The fourth-order valence-corrected chi connectivity index (χ4v) is 1.91. The molecule has 0 bridgehead atoms. The van der Waals surface area contributed by atoms with Gasteiger partial charge in [-0.1, -0.05) is 11.6 Å². The molecule has 1 amide bonds. The van der Waals surface area contributed by atoms with Crippen LogP contribution in [-0.2, 0) is 24.4 Å². The highest BCUT2D eigenvalue weighted by molar-refractivity contribution is 6.31. The van der Waals surface area contributed by atoms with Crippen molar-refractivity contribution in [2.24, 2.45) is 0 Å². The van der Waals surface area contributed by atoms with Crippen LogP contribution >= 0.6 is 11.6 Å². The Hall–Kier alpha value is -1.82. The van der Waals surface area contributed by atoms with E-state index in [0.29, 0.717) is 11.6 Å². The van der Waals surface area contributed by atoms with Gasteiger partial charge in [-0.05, 0) is 19.9 Å². The third-order valence-corrected chi connectivity index (χ3v) is 3.13. The number of hydrogen-bond donors (Lipinski definition) is 1. The smallest absolute Gasteiger partial charge is 0.242 e. The standard InChI is InChI=1S/C12H16ClN5O/c1-3-18-10(4-5-15-18)6-14-12(19)8-17-7-11(13)9(2)16-17/h4-5,7H,3,6,8H2,1-2H3,(H,14,19). The molecule has 19 heavy (non-hydrogen) atoms. The van der Waals surface area contributed by atoms with Crippen molar-refractivity contribution in [3.8, 4) is 0 Å². The topological polar surface area (TPSA) is 64.7 Å². The average Bonchev–Trinajstić information content (AvgIpc) is 2.94. The molecule has 1 N–H and O–H groups in total. The Morgan fingerprint density at radius 1 is 1.53 bits per heavy atom. The number of aryl methyl sites for hydroxylation is 2. The minimum Gasteiger partial charge on any atom is -0.349 e. The van der Waals surface area contributed by atoms with Crippen LogP contribution < -0.4 is 5.32 Å². The van der Waals surface area contributed by atoms with Gasteiger partial charge < -0.3 is 5.32 Å². The third kappa shape index (κ3) is 3.35. The van der Waals surface area contributed by atoms with E-state index in [1.807, 2.05) is 17.7 Å². The summed E-state index contributed by atoms with van der Waals surface area (Å²) in [5.74, 6) is -0.108. The Labute approximate surface area is 116 Å². The first-order valence-electron chi connectivity index (χ1n) is 6.07. The highest BCUT2D eigenvalue weighted by atomic mass is 35.5. The van der Waals surface area contributed by atoms with E-state index in [4.69, 9.17) is 11.6 Å². The quantitative estimate of drug-likeness (QED) is 0.900. The first kappa shape index (κ1) is 13.6. The molecule has 0 aliphatic carbocycles. The highest BCUT2D eigenvalue weighted by Gasteiger charge is 2.08. The fourth-order valence-electron chi connectivity index (χ4n) is 1.76. The molecule has 0 spiro atoms. The zero-order valence-corrected chi connectivity index (χ0v) is 11.7. The molecule has 0 saturated heterocycles. The van der Waals surface area contributed by atoms with Crippen LogP contribution in [0, 0.1) is 6.92 Å². The normalized spacial score (nSPS) is 10.7. The Kier molecular flexibility index (Phi) is 4.21. The van der Waals surface area contributed by atoms with Gasteiger partial charge in [-0.15, -0.1) is 0 Å². The molecule has 2 aromatic heterocycles. The Balaban J connectivity index is 1.88. The number of rotatable bonds is 5. The van der Waals surface area contributed by atoms with Gasteiger partial charge >= 0.3 is 0 Å². The van der Waals surface area contributed by atoms with Crippen molar-refractivity contribution >= 4 is 17.5 Å². The van der Waals surface area contributed by atoms with Gasteiger partial charge in [0.15, 0.2) is 0 Å². The summed E-state index contributed by atoms with van der Waals surface area (Å²) in [5.41, 5.74) is 1.70. The van der Waals surface area contributed by atoms with E-state index in [2.05, 4.69) is 15.5 Å². The molecule has 6 nitrogen and oxygen atoms in total. The molecule has 0 unspecified atom stereocenters. The number of amides is 1. The number of aromatic nitrogens is 4. The van der Waals surface area contributed by atoms with Gasteiger partial charge in [-0.2, -0.15) is 10.2 Å². The van der Waals surface area contributed by atoms with Gasteiger partial charge in [0.25, 0.3) is 0 Å². The predicted octanol–water partition coefficient (Wildman–Crippen LogP) is 1.38. The maximum absolute atomic E-state index is 11.8. The molecule has 102 valence electrons. The van der Waals surface area contributed by atoms with E-state index >= 15 is 0 Å². The zero-order valence-electron chi connectivity index (χ0n) is 10.9. The lowest BCUT2D eigenvalue weighted by Crippen LogP contribution is -2.28. The summed E-state index contributed by atoms with van der Waals surface area (Å²) in [6.07, 6.45) is 3.37. The number of nitrogens with one attached hydrogen (secondary N) is 1. The highest BCUT2D eigenvalue weighted by Crippen LogP contribution is 2.11. The second kappa shape index (κ2) is 5.88. The van der Waals surface area contributed by atoms with Crippen LogP contribution in [0.4, 0.5) is 0 Å². The summed E-state index contributed by atoms with van der Waals surface area (Å²) in [5, 5.41) is 11.7. The summed E-state index contributed by atoms with van der Waals surface area (Å²) < 4.78 is 3.37. The van der Waals surface area contributed by atoms with E-state index < -0.39 is 0 Å². The molecule has 2 heterocycles. The molecule has 0 fully saturated rings. The van der Waals surface area contributed by atoms with Crippen LogP contribution in [0.15, 0.2) is 18.5 Å². The summed E-state index contributed by atoms with van der Waals surface area (Å²) >= 11 is 5.88. The van der Waals surface area contributed by atoms with Gasteiger partial charge in [-0.25, -0.2) is 0 Å². The van der Waals surface area contributed by atoms with Gasteiger partial charge in [-0.3, -0.25) is 14.2 Å². The first-order valence-corrected chi connectivity index (χ1v) is 6.45. The van der Waals surface area contributed by atoms with Crippen LogP contribution in [0.1, 0.15) is 18.3 Å². The largest absolute Gasteiger partial charge is 0.349 e. The number of carbonyl (C=O) groups excluding carboxylic acids is 1. The molecule has 0 aliphatic rings. The van der Waals surface area contributed by atoms with Crippen molar-refractivity contribution in [3.63, 3.8) is 0 Å². The van der Waals surface area contributed by atoms with Gasteiger partial charge in [0, 0.05) is 18.9 Å². The van der Waals surface area contributed by atoms with Crippen molar-refractivity contribution in [1.29, 1.82) is 0 Å².